The molecule has 1 aromatic rings. The molecule has 0 unspecified atom stereocenters. The molecular weight excluding hydrogens is 204 g/mol. The Morgan fingerprint density at radius 3 is 2.50 bits per heavy atom. The SMILES string of the molecule is Nc1ccc(NC(=O)OC2CCCC2)cc1. The lowest BCUT2D eigenvalue weighted by atomic mass is 10.3. The van der Waals surface area contributed by atoms with Gasteiger partial charge in [-0.2, -0.15) is 0 Å². The maximum absolute atomic E-state index is 11.5. The number of amides is 1. The highest BCUT2D eigenvalue weighted by Gasteiger charge is 2.18. The van der Waals surface area contributed by atoms with Gasteiger partial charge in [-0.1, -0.05) is 0 Å². The Bertz CT molecular complexity index is 356. The van der Waals surface area contributed by atoms with Gasteiger partial charge in [-0.25, -0.2) is 4.79 Å². The first kappa shape index (κ1) is 10.8. The van der Waals surface area contributed by atoms with Crippen molar-refractivity contribution in [1.82, 2.24) is 0 Å². The van der Waals surface area contributed by atoms with E-state index in [4.69, 9.17) is 10.5 Å². The van der Waals surface area contributed by atoms with Gasteiger partial charge in [0.1, 0.15) is 6.10 Å². The lowest BCUT2D eigenvalue weighted by molar-refractivity contribution is 0.114. The Balaban J connectivity index is 1.84. The topological polar surface area (TPSA) is 64.3 Å². The van der Waals surface area contributed by atoms with E-state index in [0.717, 1.165) is 25.7 Å². The third-order valence-electron chi connectivity index (χ3n) is 2.73. The molecule has 1 amide bonds. The summed E-state index contributed by atoms with van der Waals surface area (Å²) >= 11 is 0. The van der Waals surface area contributed by atoms with E-state index in [9.17, 15) is 4.79 Å². The van der Waals surface area contributed by atoms with Crippen LogP contribution in [0.3, 0.4) is 0 Å². The van der Waals surface area contributed by atoms with Crippen LogP contribution >= 0.6 is 0 Å². The predicted molar refractivity (Wildman–Crippen MR) is 63.2 cm³/mol. The molecule has 0 saturated heterocycles. The molecule has 4 nitrogen and oxygen atoms in total. The number of rotatable bonds is 2. The van der Waals surface area contributed by atoms with Crippen molar-refractivity contribution in [3.05, 3.63) is 24.3 Å². The largest absolute Gasteiger partial charge is 0.446 e. The van der Waals surface area contributed by atoms with Crippen molar-refractivity contribution in [2.45, 2.75) is 31.8 Å². The van der Waals surface area contributed by atoms with Crippen LogP contribution in [0.15, 0.2) is 24.3 Å². The maximum Gasteiger partial charge on any atom is 0.411 e. The molecule has 4 heteroatoms. The first-order valence-corrected chi connectivity index (χ1v) is 5.57. The molecule has 0 radical (unpaired) electrons. The molecule has 1 aliphatic carbocycles. The summed E-state index contributed by atoms with van der Waals surface area (Å²) in [6.07, 6.45) is 3.98. The number of hydrogen-bond acceptors (Lipinski definition) is 3. The average Bonchev–Trinajstić information content (AvgIpc) is 2.74. The highest BCUT2D eigenvalue weighted by Crippen LogP contribution is 2.21. The molecular formula is C12H16N2O2. The molecule has 86 valence electrons. The van der Waals surface area contributed by atoms with Crippen molar-refractivity contribution in [2.75, 3.05) is 11.1 Å². The molecule has 0 spiro atoms. The number of ether oxygens (including phenoxy) is 1. The van der Waals surface area contributed by atoms with Gasteiger partial charge in [0.25, 0.3) is 0 Å². The Kier molecular flexibility index (Phi) is 3.29. The number of nitrogens with one attached hydrogen (secondary N) is 1. The highest BCUT2D eigenvalue weighted by molar-refractivity contribution is 5.84. The van der Waals surface area contributed by atoms with Gasteiger partial charge in [0, 0.05) is 11.4 Å². The van der Waals surface area contributed by atoms with E-state index in [1.807, 2.05) is 0 Å². The quantitative estimate of drug-likeness (QED) is 0.753. The molecule has 1 aromatic carbocycles. The Morgan fingerprint density at radius 2 is 1.88 bits per heavy atom. The summed E-state index contributed by atoms with van der Waals surface area (Å²) in [5.41, 5.74) is 6.93. The van der Waals surface area contributed by atoms with Gasteiger partial charge in [-0.05, 0) is 49.9 Å². The third kappa shape index (κ3) is 2.89. The van der Waals surface area contributed by atoms with Crippen molar-refractivity contribution >= 4 is 17.5 Å². The smallest absolute Gasteiger partial charge is 0.411 e. The zero-order valence-electron chi connectivity index (χ0n) is 9.11. The van der Waals surface area contributed by atoms with Crippen molar-refractivity contribution < 1.29 is 9.53 Å². The number of anilines is 2. The summed E-state index contributed by atoms with van der Waals surface area (Å²) in [4.78, 5) is 11.5. The van der Waals surface area contributed by atoms with Crippen LogP contribution < -0.4 is 11.1 Å². The van der Waals surface area contributed by atoms with Gasteiger partial charge in [-0.15, -0.1) is 0 Å². The van der Waals surface area contributed by atoms with Crippen molar-refractivity contribution in [1.29, 1.82) is 0 Å². The van der Waals surface area contributed by atoms with Gasteiger partial charge in [0.2, 0.25) is 0 Å². The van der Waals surface area contributed by atoms with Crippen LogP contribution in [0.25, 0.3) is 0 Å². The van der Waals surface area contributed by atoms with Crippen LogP contribution in [0.5, 0.6) is 0 Å². The molecule has 2 rings (SSSR count). The van der Waals surface area contributed by atoms with E-state index in [-0.39, 0.29) is 12.2 Å². The number of nitrogen functional groups attached to an aromatic ring is 1. The molecule has 0 bridgehead atoms. The highest BCUT2D eigenvalue weighted by atomic mass is 16.6. The number of nitrogens with two attached hydrogens (primary N) is 1. The minimum absolute atomic E-state index is 0.0915. The third-order valence-corrected chi connectivity index (χ3v) is 2.73. The summed E-state index contributed by atoms with van der Waals surface area (Å²) in [5, 5.41) is 2.68. The molecule has 1 fully saturated rings. The van der Waals surface area contributed by atoms with E-state index in [1.54, 1.807) is 24.3 Å². The number of carbonyl (C=O) groups excluding carboxylic acids is 1. The molecule has 16 heavy (non-hydrogen) atoms. The van der Waals surface area contributed by atoms with E-state index < -0.39 is 0 Å². The summed E-state index contributed by atoms with van der Waals surface area (Å²) in [5.74, 6) is 0. The standard InChI is InChI=1S/C12H16N2O2/c13-9-5-7-10(8-6-9)14-12(15)16-11-3-1-2-4-11/h5-8,11H,1-4,13H2,(H,14,15). The monoisotopic (exact) mass is 220 g/mol. The molecule has 3 N–H and O–H groups in total. The zero-order valence-corrected chi connectivity index (χ0v) is 9.11. The first-order chi connectivity index (χ1) is 7.74. The molecule has 0 aliphatic heterocycles. The van der Waals surface area contributed by atoms with Crippen LogP contribution in [0, 0.1) is 0 Å². The normalized spacial score (nSPS) is 16.0. The van der Waals surface area contributed by atoms with Gasteiger partial charge >= 0.3 is 6.09 Å². The van der Waals surface area contributed by atoms with E-state index in [2.05, 4.69) is 5.32 Å². The second-order valence-corrected chi connectivity index (χ2v) is 4.06. The van der Waals surface area contributed by atoms with Crippen LogP contribution in [0.2, 0.25) is 0 Å². The van der Waals surface area contributed by atoms with Crippen molar-refractivity contribution in [3.8, 4) is 0 Å². The van der Waals surface area contributed by atoms with Crippen LogP contribution in [0.1, 0.15) is 25.7 Å². The summed E-state index contributed by atoms with van der Waals surface area (Å²) < 4.78 is 5.26. The van der Waals surface area contributed by atoms with Gasteiger partial charge in [0.05, 0.1) is 0 Å². The van der Waals surface area contributed by atoms with Gasteiger partial charge in [0.15, 0.2) is 0 Å². The van der Waals surface area contributed by atoms with Crippen LogP contribution in [0.4, 0.5) is 16.2 Å². The number of benzene rings is 1. The minimum Gasteiger partial charge on any atom is -0.446 e. The molecule has 1 aliphatic rings. The molecule has 0 heterocycles. The second kappa shape index (κ2) is 4.88. The second-order valence-electron chi connectivity index (χ2n) is 4.06. The fourth-order valence-electron chi connectivity index (χ4n) is 1.87. The minimum atomic E-state index is -0.378. The molecule has 1 saturated carbocycles. The van der Waals surface area contributed by atoms with E-state index >= 15 is 0 Å². The van der Waals surface area contributed by atoms with Crippen molar-refractivity contribution in [3.63, 3.8) is 0 Å². The van der Waals surface area contributed by atoms with Crippen LogP contribution in [-0.4, -0.2) is 12.2 Å². The van der Waals surface area contributed by atoms with E-state index in [1.165, 1.54) is 0 Å². The zero-order chi connectivity index (χ0) is 11.4. The van der Waals surface area contributed by atoms with Gasteiger partial charge < -0.3 is 10.5 Å². The first-order valence-electron chi connectivity index (χ1n) is 5.57. The summed E-state index contributed by atoms with van der Waals surface area (Å²) in [6.45, 7) is 0. The lowest BCUT2D eigenvalue weighted by Crippen LogP contribution is -2.20. The lowest BCUT2D eigenvalue weighted by Gasteiger charge is -2.12. The average molecular weight is 220 g/mol. The Morgan fingerprint density at radius 1 is 1.25 bits per heavy atom. The Labute approximate surface area is 94.8 Å². The molecule has 0 aromatic heterocycles. The Hall–Kier alpha value is -1.71. The van der Waals surface area contributed by atoms with Crippen LogP contribution in [-0.2, 0) is 4.74 Å². The summed E-state index contributed by atoms with van der Waals surface area (Å²) in [6, 6.07) is 6.99. The number of carbonyl (C=O) groups is 1. The summed E-state index contributed by atoms with van der Waals surface area (Å²) in [7, 11) is 0. The van der Waals surface area contributed by atoms with Crippen molar-refractivity contribution in [2.24, 2.45) is 0 Å². The van der Waals surface area contributed by atoms with Gasteiger partial charge in [-0.3, -0.25) is 5.32 Å². The number of hydrogen-bond donors (Lipinski definition) is 2. The fourth-order valence-corrected chi connectivity index (χ4v) is 1.87. The molecule has 0 atom stereocenters. The maximum atomic E-state index is 11.5. The van der Waals surface area contributed by atoms with E-state index in [0.29, 0.717) is 11.4 Å². The fraction of sp³-hybridized carbons (Fsp3) is 0.417. The predicted octanol–water partition coefficient (Wildman–Crippen LogP) is 2.76.